The van der Waals surface area contributed by atoms with E-state index < -0.39 is 5.60 Å². The molecule has 8 heteroatoms. The van der Waals surface area contributed by atoms with Crippen LogP contribution in [-0.4, -0.2) is 57.4 Å². The third-order valence-corrected chi connectivity index (χ3v) is 7.15. The van der Waals surface area contributed by atoms with Crippen LogP contribution < -0.4 is 5.73 Å². The number of morpholine rings is 1. The standard InChI is InChI=1S/C24H30ClN5O2/c25-20-15-27-23(26)28-22(20)19-16-30(9-8-29-10-12-32-13-11-29)21-5-4-17(14-18(19)21)24(31)6-2-1-3-7-24/h4-5,14-16,31H,1-3,6-13H2,(H2,26,27,28). The molecule has 3 aromatic rings. The van der Waals surface area contributed by atoms with E-state index in [0.29, 0.717) is 10.7 Å². The van der Waals surface area contributed by atoms with Crippen LogP contribution in [0.2, 0.25) is 5.02 Å². The Morgan fingerprint density at radius 2 is 1.91 bits per heavy atom. The molecule has 1 saturated carbocycles. The molecule has 2 aliphatic rings. The van der Waals surface area contributed by atoms with Gasteiger partial charge in [-0.2, -0.15) is 0 Å². The molecule has 3 heterocycles. The first-order valence-electron chi connectivity index (χ1n) is 11.5. The number of nitrogens with zero attached hydrogens (tertiary/aromatic N) is 4. The second kappa shape index (κ2) is 8.98. The fourth-order valence-corrected chi connectivity index (χ4v) is 5.22. The fourth-order valence-electron chi connectivity index (χ4n) is 5.03. The highest BCUT2D eigenvalue weighted by atomic mass is 35.5. The SMILES string of the molecule is Nc1ncc(Cl)c(-c2cn(CCN3CCOCC3)c3ccc(C4(O)CCCCC4)cc23)n1. The van der Waals surface area contributed by atoms with E-state index in [-0.39, 0.29) is 5.95 Å². The molecule has 3 N–H and O–H groups in total. The van der Waals surface area contributed by atoms with Crippen LogP contribution in [0.4, 0.5) is 5.95 Å². The zero-order valence-corrected chi connectivity index (χ0v) is 19.0. The van der Waals surface area contributed by atoms with E-state index in [2.05, 4.69) is 43.8 Å². The van der Waals surface area contributed by atoms with Crippen molar-refractivity contribution in [3.8, 4) is 11.3 Å². The molecule has 0 unspecified atom stereocenters. The van der Waals surface area contributed by atoms with Crippen molar-refractivity contribution in [2.45, 2.75) is 44.2 Å². The van der Waals surface area contributed by atoms with Gasteiger partial charge in [-0.3, -0.25) is 4.90 Å². The van der Waals surface area contributed by atoms with Crippen LogP contribution in [0.15, 0.2) is 30.6 Å². The maximum Gasteiger partial charge on any atom is 0.220 e. The summed E-state index contributed by atoms with van der Waals surface area (Å²) in [6.07, 6.45) is 8.54. The van der Waals surface area contributed by atoms with E-state index in [9.17, 15) is 5.11 Å². The molecule has 1 saturated heterocycles. The van der Waals surface area contributed by atoms with Gasteiger partial charge in [-0.25, -0.2) is 9.97 Å². The Morgan fingerprint density at radius 1 is 1.12 bits per heavy atom. The number of benzene rings is 1. The minimum atomic E-state index is -0.770. The molecule has 1 aromatic carbocycles. The number of halogens is 1. The smallest absolute Gasteiger partial charge is 0.220 e. The Kier molecular flexibility index (Phi) is 6.07. The number of anilines is 1. The normalized spacial score (nSPS) is 19.4. The van der Waals surface area contributed by atoms with E-state index in [1.807, 2.05) is 0 Å². The van der Waals surface area contributed by atoms with Crippen molar-refractivity contribution in [3.05, 3.63) is 41.2 Å². The number of aliphatic hydroxyl groups is 1. The van der Waals surface area contributed by atoms with Gasteiger partial charge in [-0.1, -0.05) is 36.9 Å². The van der Waals surface area contributed by atoms with Gasteiger partial charge in [0.25, 0.3) is 0 Å². The molecule has 0 amide bonds. The maximum absolute atomic E-state index is 11.3. The molecule has 170 valence electrons. The minimum absolute atomic E-state index is 0.195. The summed E-state index contributed by atoms with van der Waals surface area (Å²) in [6, 6.07) is 6.33. The number of ether oxygens (including phenoxy) is 1. The van der Waals surface area contributed by atoms with Crippen molar-refractivity contribution in [3.63, 3.8) is 0 Å². The minimum Gasteiger partial charge on any atom is -0.385 e. The first kappa shape index (κ1) is 21.6. The molecule has 5 rings (SSSR count). The first-order chi connectivity index (χ1) is 15.5. The highest BCUT2D eigenvalue weighted by molar-refractivity contribution is 6.33. The summed E-state index contributed by atoms with van der Waals surface area (Å²) in [5.41, 5.74) is 8.74. The summed E-state index contributed by atoms with van der Waals surface area (Å²) in [7, 11) is 0. The van der Waals surface area contributed by atoms with E-state index in [1.54, 1.807) is 6.20 Å². The zero-order chi connectivity index (χ0) is 22.1. The van der Waals surface area contributed by atoms with E-state index in [0.717, 1.165) is 87.1 Å². The highest BCUT2D eigenvalue weighted by Crippen LogP contribution is 2.40. The third kappa shape index (κ3) is 4.22. The highest BCUT2D eigenvalue weighted by Gasteiger charge is 2.32. The second-order valence-electron chi connectivity index (χ2n) is 8.94. The predicted octanol–water partition coefficient (Wildman–Crippen LogP) is 3.82. The van der Waals surface area contributed by atoms with Crippen LogP contribution in [-0.2, 0) is 16.9 Å². The Hall–Kier alpha value is -2.19. The molecule has 2 fully saturated rings. The summed E-state index contributed by atoms with van der Waals surface area (Å²) < 4.78 is 7.73. The number of nitrogens with two attached hydrogens (primary N) is 1. The van der Waals surface area contributed by atoms with Crippen LogP contribution in [0.25, 0.3) is 22.2 Å². The number of fused-ring (bicyclic) bond motifs is 1. The van der Waals surface area contributed by atoms with Crippen LogP contribution in [0, 0.1) is 0 Å². The number of rotatable bonds is 5. The maximum atomic E-state index is 11.3. The van der Waals surface area contributed by atoms with Gasteiger partial charge < -0.3 is 20.1 Å². The lowest BCUT2D eigenvalue weighted by Gasteiger charge is -2.32. The molecular formula is C24H30ClN5O2. The third-order valence-electron chi connectivity index (χ3n) is 6.88. The van der Waals surface area contributed by atoms with E-state index in [1.165, 1.54) is 6.42 Å². The summed E-state index contributed by atoms with van der Waals surface area (Å²) in [5, 5.41) is 12.8. The first-order valence-corrected chi connectivity index (χ1v) is 11.9. The van der Waals surface area contributed by atoms with Gasteiger partial charge in [0.1, 0.15) is 0 Å². The van der Waals surface area contributed by atoms with Gasteiger partial charge in [-0.15, -0.1) is 0 Å². The van der Waals surface area contributed by atoms with E-state index in [4.69, 9.17) is 22.1 Å². The molecule has 0 bridgehead atoms. The van der Waals surface area contributed by atoms with Gasteiger partial charge in [0.15, 0.2) is 0 Å². The van der Waals surface area contributed by atoms with Gasteiger partial charge in [0.05, 0.1) is 35.7 Å². The molecule has 1 aliphatic carbocycles. The van der Waals surface area contributed by atoms with Gasteiger partial charge in [-0.05, 0) is 30.5 Å². The number of nitrogen functional groups attached to an aromatic ring is 1. The van der Waals surface area contributed by atoms with Gasteiger partial charge in [0, 0.05) is 48.8 Å². The van der Waals surface area contributed by atoms with Crippen LogP contribution in [0.3, 0.4) is 0 Å². The summed E-state index contributed by atoms with van der Waals surface area (Å²) in [4.78, 5) is 10.9. The molecule has 1 aliphatic heterocycles. The van der Waals surface area contributed by atoms with Crippen LogP contribution >= 0.6 is 11.6 Å². The van der Waals surface area contributed by atoms with Crippen molar-refractivity contribution in [2.75, 3.05) is 38.6 Å². The quantitative estimate of drug-likeness (QED) is 0.608. The molecule has 7 nitrogen and oxygen atoms in total. The second-order valence-corrected chi connectivity index (χ2v) is 9.35. The Bertz CT molecular complexity index is 1100. The topological polar surface area (TPSA) is 89.4 Å². The van der Waals surface area contributed by atoms with Crippen molar-refractivity contribution >= 4 is 28.5 Å². The number of hydrogen-bond donors (Lipinski definition) is 2. The Morgan fingerprint density at radius 3 is 2.69 bits per heavy atom. The van der Waals surface area contributed by atoms with Crippen LogP contribution in [0.5, 0.6) is 0 Å². The van der Waals surface area contributed by atoms with Crippen molar-refractivity contribution in [1.29, 1.82) is 0 Å². The zero-order valence-electron chi connectivity index (χ0n) is 18.3. The average molecular weight is 456 g/mol. The fraction of sp³-hybridized carbons (Fsp3) is 0.500. The van der Waals surface area contributed by atoms with Gasteiger partial charge in [0.2, 0.25) is 5.95 Å². The van der Waals surface area contributed by atoms with Crippen LogP contribution in [0.1, 0.15) is 37.7 Å². The summed E-state index contributed by atoms with van der Waals surface area (Å²) in [5.74, 6) is 0.195. The predicted molar refractivity (Wildman–Crippen MR) is 127 cm³/mol. The molecule has 2 aromatic heterocycles. The molecule has 0 spiro atoms. The molecule has 32 heavy (non-hydrogen) atoms. The van der Waals surface area contributed by atoms with E-state index >= 15 is 0 Å². The molecule has 0 atom stereocenters. The number of aromatic nitrogens is 3. The lowest BCUT2D eigenvalue weighted by molar-refractivity contribution is -0.000508. The van der Waals surface area contributed by atoms with Gasteiger partial charge >= 0.3 is 0 Å². The van der Waals surface area contributed by atoms with Crippen molar-refractivity contribution in [1.82, 2.24) is 19.4 Å². The molecular weight excluding hydrogens is 426 g/mol. The largest absolute Gasteiger partial charge is 0.385 e. The summed E-state index contributed by atoms with van der Waals surface area (Å²) >= 11 is 6.49. The average Bonchev–Trinajstić information content (AvgIpc) is 3.18. The lowest BCUT2D eigenvalue weighted by Crippen LogP contribution is -2.38. The summed E-state index contributed by atoms with van der Waals surface area (Å²) in [6.45, 7) is 5.27. The molecule has 0 radical (unpaired) electrons. The monoisotopic (exact) mass is 455 g/mol. The number of hydrogen-bond acceptors (Lipinski definition) is 6. The Balaban J connectivity index is 1.57. The lowest BCUT2D eigenvalue weighted by atomic mass is 9.79. The Labute approximate surface area is 193 Å². The van der Waals surface area contributed by atoms with Crippen molar-refractivity contribution in [2.24, 2.45) is 0 Å². The van der Waals surface area contributed by atoms with Crippen molar-refractivity contribution < 1.29 is 9.84 Å².